The van der Waals surface area contributed by atoms with Gasteiger partial charge in [0.2, 0.25) is 10.5 Å². The van der Waals surface area contributed by atoms with Crippen LogP contribution in [-0.2, 0) is 0 Å². The molecule has 2 heterocycles. The van der Waals surface area contributed by atoms with E-state index in [1.807, 2.05) is 9.47 Å². The molecule has 2 aliphatic rings. The number of hydrogen-bond acceptors (Lipinski definition) is 6. The second-order valence-electron chi connectivity index (χ2n) is 8.44. The van der Waals surface area contributed by atoms with Crippen LogP contribution < -0.4 is 20.4 Å². The van der Waals surface area contributed by atoms with Gasteiger partial charge in [0.25, 0.3) is 0 Å². The van der Waals surface area contributed by atoms with E-state index < -0.39 is 11.2 Å². The molecule has 168 valence electrons. The van der Waals surface area contributed by atoms with Crippen LogP contribution in [0.4, 0.5) is 10.1 Å². The highest BCUT2D eigenvalue weighted by molar-refractivity contribution is 8.14. The molecule has 1 saturated heterocycles. The Bertz CT molecular complexity index is 1050. The first kappa shape index (κ1) is 22.1. The van der Waals surface area contributed by atoms with Gasteiger partial charge in [-0.15, -0.1) is 0 Å². The van der Waals surface area contributed by atoms with Crippen LogP contribution in [0.25, 0.3) is 10.9 Å². The Labute approximate surface area is 186 Å². The fourth-order valence-electron chi connectivity index (χ4n) is 4.24. The van der Waals surface area contributed by atoms with E-state index in [-0.39, 0.29) is 28.1 Å². The van der Waals surface area contributed by atoms with Crippen LogP contribution in [0.5, 0.6) is 5.75 Å². The number of piperazine rings is 1. The molecule has 0 bridgehead atoms. The van der Waals surface area contributed by atoms with Gasteiger partial charge in [-0.1, -0.05) is 25.1 Å². The van der Waals surface area contributed by atoms with Crippen molar-refractivity contribution in [1.29, 1.82) is 0 Å². The summed E-state index contributed by atoms with van der Waals surface area (Å²) in [5.41, 5.74) is 0.699. The summed E-state index contributed by atoms with van der Waals surface area (Å²) < 4.78 is 23.1. The Kier molecular flexibility index (Phi) is 6.57. The van der Waals surface area contributed by atoms with E-state index in [9.17, 15) is 9.59 Å². The van der Waals surface area contributed by atoms with E-state index >= 15 is 4.39 Å². The van der Waals surface area contributed by atoms with Crippen molar-refractivity contribution in [2.45, 2.75) is 51.6 Å². The standard InChI is InChI=1S/C23H30FN3O3S/c1-4-5-10-31-23(29)17-13-27(15-6-7-15)19-16(21(17)28)11-18(24)20(22(19)30-3)26-9-8-25-14(2)12-26/h11,13-15,25H,4-10,12H2,1-3H3. The van der Waals surface area contributed by atoms with Gasteiger partial charge in [0.1, 0.15) is 5.69 Å². The molecule has 0 spiro atoms. The van der Waals surface area contributed by atoms with Gasteiger partial charge >= 0.3 is 0 Å². The zero-order valence-electron chi connectivity index (χ0n) is 18.4. The van der Waals surface area contributed by atoms with Crippen molar-refractivity contribution in [2.24, 2.45) is 0 Å². The molecule has 1 N–H and O–H groups in total. The average molecular weight is 448 g/mol. The number of fused-ring (bicyclic) bond motifs is 1. The number of thioether (sulfide) groups is 1. The molecular formula is C23H30FN3O3S. The molecule has 8 heteroatoms. The second kappa shape index (κ2) is 9.20. The molecular weight excluding hydrogens is 417 g/mol. The Morgan fingerprint density at radius 3 is 2.81 bits per heavy atom. The molecule has 1 atom stereocenters. The smallest absolute Gasteiger partial charge is 0.224 e. The van der Waals surface area contributed by atoms with Crippen molar-refractivity contribution < 1.29 is 13.9 Å². The van der Waals surface area contributed by atoms with Crippen LogP contribution in [0.15, 0.2) is 17.1 Å². The number of methoxy groups -OCH3 is 1. The van der Waals surface area contributed by atoms with Gasteiger partial charge < -0.3 is 19.5 Å². The summed E-state index contributed by atoms with van der Waals surface area (Å²) in [4.78, 5) is 28.0. The molecule has 1 aliphatic heterocycles. The molecule has 2 fully saturated rings. The number of anilines is 1. The first-order chi connectivity index (χ1) is 15.0. The van der Waals surface area contributed by atoms with Crippen molar-refractivity contribution in [3.8, 4) is 5.75 Å². The number of carbonyl (C=O) groups is 1. The highest BCUT2D eigenvalue weighted by Gasteiger charge is 2.32. The summed E-state index contributed by atoms with van der Waals surface area (Å²) in [5.74, 6) is 0.570. The van der Waals surface area contributed by atoms with Crippen molar-refractivity contribution >= 4 is 33.5 Å². The molecule has 1 aromatic heterocycles. The van der Waals surface area contributed by atoms with Crippen LogP contribution in [0.3, 0.4) is 0 Å². The molecule has 0 amide bonds. The van der Waals surface area contributed by atoms with Gasteiger partial charge in [0.05, 0.1) is 23.6 Å². The SMILES string of the molecule is CCCCSC(=O)c1cn(C2CC2)c2c(OC)c(N3CCNC(C)C3)c(F)cc2c1=O. The van der Waals surface area contributed by atoms with E-state index in [1.165, 1.54) is 24.9 Å². The summed E-state index contributed by atoms with van der Waals surface area (Å²) in [6, 6.07) is 1.72. The highest BCUT2D eigenvalue weighted by atomic mass is 32.2. The number of ether oxygens (including phenoxy) is 1. The fraction of sp³-hybridized carbons (Fsp3) is 0.565. The zero-order valence-corrected chi connectivity index (χ0v) is 19.2. The van der Waals surface area contributed by atoms with Crippen molar-refractivity contribution in [3.63, 3.8) is 0 Å². The lowest BCUT2D eigenvalue weighted by atomic mass is 10.1. The van der Waals surface area contributed by atoms with Crippen LogP contribution in [-0.4, -0.2) is 48.2 Å². The van der Waals surface area contributed by atoms with Crippen molar-refractivity contribution in [3.05, 3.63) is 33.9 Å². The van der Waals surface area contributed by atoms with Gasteiger partial charge in [0.15, 0.2) is 11.6 Å². The predicted octanol–water partition coefficient (Wildman–Crippen LogP) is 3.96. The largest absolute Gasteiger partial charge is 0.492 e. The van der Waals surface area contributed by atoms with Crippen LogP contribution in [0.1, 0.15) is 55.9 Å². The van der Waals surface area contributed by atoms with Crippen molar-refractivity contribution in [1.82, 2.24) is 9.88 Å². The van der Waals surface area contributed by atoms with E-state index in [2.05, 4.69) is 19.2 Å². The number of aromatic nitrogens is 1. The third kappa shape index (κ3) is 4.32. The molecule has 1 saturated carbocycles. The second-order valence-corrected chi connectivity index (χ2v) is 9.51. The maximum atomic E-state index is 15.4. The maximum Gasteiger partial charge on any atom is 0.224 e. The van der Waals surface area contributed by atoms with E-state index in [0.29, 0.717) is 35.8 Å². The molecule has 31 heavy (non-hydrogen) atoms. The number of benzene rings is 1. The monoisotopic (exact) mass is 447 g/mol. The quantitative estimate of drug-likeness (QED) is 0.649. The van der Waals surface area contributed by atoms with Crippen LogP contribution >= 0.6 is 11.8 Å². The average Bonchev–Trinajstić information content (AvgIpc) is 3.59. The maximum absolute atomic E-state index is 15.4. The minimum absolute atomic E-state index is 0.130. The van der Waals surface area contributed by atoms with Gasteiger partial charge in [-0.3, -0.25) is 9.59 Å². The Hall–Kier alpha value is -2.06. The molecule has 1 unspecified atom stereocenters. The lowest BCUT2D eigenvalue weighted by Crippen LogP contribution is -2.49. The Morgan fingerprint density at radius 1 is 1.39 bits per heavy atom. The number of unbranched alkanes of at least 4 members (excludes halogenated alkanes) is 1. The molecule has 2 aromatic rings. The lowest BCUT2D eigenvalue weighted by molar-refractivity contribution is 0.108. The number of halogens is 1. The summed E-state index contributed by atoms with van der Waals surface area (Å²) in [7, 11) is 1.52. The Balaban J connectivity index is 1.89. The summed E-state index contributed by atoms with van der Waals surface area (Å²) in [5, 5.41) is 3.34. The third-order valence-corrected chi connectivity index (χ3v) is 6.95. The first-order valence-corrected chi connectivity index (χ1v) is 12.1. The van der Waals surface area contributed by atoms with Crippen LogP contribution in [0.2, 0.25) is 0 Å². The minimum atomic E-state index is -0.485. The summed E-state index contributed by atoms with van der Waals surface area (Å²) >= 11 is 1.17. The molecule has 6 nitrogen and oxygen atoms in total. The summed E-state index contributed by atoms with van der Waals surface area (Å²) in [6.45, 7) is 6.18. The van der Waals surface area contributed by atoms with Gasteiger partial charge in [0, 0.05) is 43.7 Å². The predicted molar refractivity (Wildman–Crippen MR) is 124 cm³/mol. The normalized spacial score (nSPS) is 19.1. The number of rotatable bonds is 7. The highest BCUT2D eigenvalue weighted by Crippen LogP contribution is 2.44. The summed E-state index contributed by atoms with van der Waals surface area (Å²) in [6.07, 6.45) is 5.51. The molecule has 1 aromatic carbocycles. The van der Waals surface area contributed by atoms with E-state index in [0.717, 1.165) is 32.2 Å². The molecule has 4 rings (SSSR count). The van der Waals surface area contributed by atoms with Gasteiger partial charge in [-0.25, -0.2) is 4.39 Å². The van der Waals surface area contributed by atoms with Gasteiger partial charge in [-0.05, 0) is 32.3 Å². The van der Waals surface area contributed by atoms with E-state index in [1.54, 1.807) is 6.20 Å². The number of nitrogens with one attached hydrogen (secondary N) is 1. The van der Waals surface area contributed by atoms with Gasteiger partial charge in [-0.2, -0.15) is 0 Å². The van der Waals surface area contributed by atoms with Crippen LogP contribution in [0, 0.1) is 5.82 Å². The first-order valence-electron chi connectivity index (χ1n) is 11.1. The Morgan fingerprint density at radius 2 is 2.16 bits per heavy atom. The van der Waals surface area contributed by atoms with Crippen molar-refractivity contribution in [2.75, 3.05) is 37.4 Å². The molecule has 1 aliphatic carbocycles. The number of pyridine rings is 1. The van der Waals surface area contributed by atoms with E-state index in [4.69, 9.17) is 4.74 Å². The lowest BCUT2D eigenvalue weighted by Gasteiger charge is -2.35. The fourth-order valence-corrected chi connectivity index (χ4v) is 5.16. The number of carbonyl (C=O) groups excluding carboxylic acids is 1. The topological polar surface area (TPSA) is 63.6 Å². The number of nitrogens with zero attached hydrogens (tertiary/aromatic N) is 2. The molecule has 0 radical (unpaired) electrons. The third-order valence-electron chi connectivity index (χ3n) is 5.98. The minimum Gasteiger partial charge on any atom is -0.492 e. The number of hydrogen-bond donors (Lipinski definition) is 1. The zero-order chi connectivity index (χ0) is 22.1.